The highest BCUT2D eigenvalue weighted by Gasteiger charge is 2.50. The number of hydrogen-bond acceptors (Lipinski definition) is 3. The van der Waals surface area contributed by atoms with E-state index in [0.29, 0.717) is 6.54 Å². The van der Waals surface area contributed by atoms with Crippen LogP contribution in [0.3, 0.4) is 0 Å². The summed E-state index contributed by atoms with van der Waals surface area (Å²) in [5.74, 6) is 2.35. The topological polar surface area (TPSA) is 70.2 Å². The molecule has 0 unspecified atom stereocenters. The Balaban J connectivity index is 1.51. The van der Waals surface area contributed by atoms with Crippen LogP contribution in [-0.4, -0.2) is 30.6 Å². The number of hydrogen-bond donors (Lipinski definition) is 3. The van der Waals surface area contributed by atoms with Gasteiger partial charge in [0.2, 0.25) is 5.91 Å². The molecule has 4 bridgehead atoms. The van der Waals surface area contributed by atoms with Crippen LogP contribution in [-0.2, 0) is 4.79 Å². The van der Waals surface area contributed by atoms with E-state index < -0.39 is 6.03 Å². The van der Waals surface area contributed by atoms with Gasteiger partial charge in [-0.2, -0.15) is 0 Å². The highest BCUT2D eigenvalue weighted by atomic mass is 16.2. The first-order valence-corrected chi connectivity index (χ1v) is 7.91. The Morgan fingerprint density at radius 2 is 1.60 bits per heavy atom. The maximum Gasteiger partial charge on any atom is 0.321 e. The summed E-state index contributed by atoms with van der Waals surface area (Å²) >= 11 is 0. The fourth-order valence-corrected chi connectivity index (χ4v) is 4.97. The number of imide groups is 1. The summed E-state index contributed by atoms with van der Waals surface area (Å²) in [4.78, 5) is 23.1. The van der Waals surface area contributed by atoms with Gasteiger partial charge in [0.25, 0.3) is 0 Å². The third kappa shape index (κ3) is 2.82. The van der Waals surface area contributed by atoms with Crippen LogP contribution in [0.2, 0.25) is 0 Å². The molecule has 4 aliphatic rings. The molecule has 0 atom stereocenters. The number of carbonyl (C=O) groups excluding carboxylic acids is 2. The van der Waals surface area contributed by atoms with Gasteiger partial charge in [-0.25, -0.2) is 4.79 Å². The molecule has 4 saturated carbocycles. The highest BCUT2D eigenvalue weighted by molar-refractivity contribution is 5.95. The van der Waals surface area contributed by atoms with Crippen LogP contribution in [0.4, 0.5) is 4.79 Å². The monoisotopic (exact) mass is 279 g/mol. The van der Waals surface area contributed by atoms with Gasteiger partial charge in [0.1, 0.15) is 0 Å². The average Bonchev–Trinajstić information content (AvgIpc) is 2.35. The summed E-state index contributed by atoms with van der Waals surface area (Å²) in [6, 6.07) is -0.398. The van der Waals surface area contributed by atoms with E-state index in [4.69, 9.17) is 0 Å². The zero-order chi connectivity index (χ0) is 14.2. The van der Waals surface area contributed by atoms with Crippen LogP contribution < -0.4 is 16.0 Å². The molecule has 5 nitrogen and oxygen atoms in total. The standard InChI is InChI=1S/C15H25N3O2/c1-2-16-14(20)18-13(19)9-17-15-6-10-3-11(7-15)5-12(4-10)8-15/h10-12,17H,2-9H2,1H3,(H2,16,18,19,20). The number of urea groups is 1. The molecule has 0 aromatic rings. The molecule has 3 N–H and O–H groups in total. The third-order valence-corrected chi connectivity index (χ3v) is 5.25. The van der Waals surface area contributed by atoms with E-state index in [1.165, 1.54) is 38.5 Å². The SMILES string of the molecule is CCNC(=O)NC(=O)CNC12CC3CC(CC(C3)C1)C2. The van der Waals surface area contributed by atoms with Gasteiger partial charge >= 0.3 is 6.03 Å². The molecule has 4 fully saturated rings. The summed E-state index contributed by atoms with van der Waals surface area (Å²) in [6.45, 7) is 2.61. The summed E-state index contributed by atoms with van der Waals surface area (Å²) < 4.78 is 0. The average molecular weight is 279 g/mol. The Morgan fingerprint density at radius 1 is 1.05 bits per heavy atom. The minimum absolute atomic E-state index is 0.174. The summed E-state index contributed by atoms with van der Waals surface area (Å²) in [6.07, 6.45) is 7.83. The highest BCUT2D eigenvalue weighted by Crippen LogP contribution is 2.55. The maximum absolute atomic E-state index is 11.8. The Kier molecular flexibility index (Phi) is 3.71. The van der Waals surface area contributed by atoms with Gasteiger partial charge in [-0.15, -0.1) is 0 Å². The van der Waals surface area contributed by atoms with Crippen LogP contribution in [0, 0.1) is 17.8 Å². The summed E-state index contributed by atoms with van der Waals surface area (Å²) in [7, 11) is 0. The lowest BCUT2D eigenvalue weighted by molar-refractivity contribution is -0.120. The van der Waals surface area contributed by atoms with E-state index in [1.807, 2.05) is 6.92 Å². The Hall–Kier alpha value is -1.10. The third-order valence-electron chi connectivity index (χ3n) is 5.25. The van der Waals surface area contributed by atoms with Crippen LogP contribution in [0.5, 0.6) is 0 Å². The van der Waals surface area contributed by atoms with Gasteiger partial charge < -0.3 is 10.6 Å². The Labute approximate surface area is 120 Å². The smallest absolute Gasteiger partial charge is 0.321 e. The Bertz CT molecular complexity index is 373. The molecule has 0 heterocycles. The zero-order valence-electron chi connectivity index (χ0n) is 12.2. The lowest BCUT2D eigenvalue weighted by Gasteiger charge is -2.57. The van der Waals surface area contributed by atoms with Crippen LogP contribution in [0.25, 0.3) is 0 Å². The fourth-order valence-electron chi connectivity index (χ4n) is 4.97. The molecule has 0 radical (unpaired) electrons. The molecule has 0 aromatic carbocycles. The van der Waals surface area contributed by atoms with E-state index in [2.05, 4.69) is 16.0 Å². The molecular formula is C15H25N3O2. The van der Waals surface area contributed by atoms with Crippen molar-refractivity contribution in [3.05, 3.63) is 0 Å². The van der Waals surface area contributed by atoms with Crippen molar-refractivity contribution >= 4 is 11.9 Å². The fraction of sp³-hybridized carbons (Fsp3) is 0.867. The molecular weight excluding hydrogens is 254 g/mol. The largest absolute Gasteiger partial charge is 0.338 e. The molecule has 4 rings (SSSR count). The summed E-state index contributed by atoms with van der Waals surface area (Å²) in [5.41, 5.74) is 0.174. The van der Waals surface area contributed by atoms with E-state index >= 15 is 0 Å². The normalized spacial score (nSPS) is 37.8. The van der Waals surface area contributed by atoms with Gasteiger partial charge in [-0.1, -0.05) is 0 Å². The van der Waals surface area contributed by atoms with Gasteiger partial charge in [0.05, 0.1) is 6.54 Å². The van der Waals surface area contributed by atoms with Crippen molar-refractivity contribution in [2.45, 2.75) is 51.0 Å². The minimum atomic E-state index is -0.398. The van der Waals surface area contributed by atoms with Crippen molar-refractivity contribution in [3.63, 3.8) is 0 Å². The summed E-state index contributed by atoms with van der Waals surface area (Å²) in [5, 5.41) is 8.42. The molecule has 4 aliphatic carbocycles. The van der Waals surface area contributed by atoms with Crippen LogP contribution in [0.15, 0.2) is 0 Å². The second-order valence-electron chi connectivity index (χ2n) is 6.96. The molecule has 0 aliphatic heterocycles. The number of nitrogens with one attached hydrogen (secondary N) is 3. The van der Waals surface area contributed by atoms with E-state index in [0.717, 1.165) is 17.8 Å². The molecule has 112 valence electrons. The first kappa shape index (κ1) is 13.9. The molecule has 0 saturated heterocycles. The first-order chi connectivity index (χ1) is 9.58. The Morgan fingerprint density at radius 3 is 2.10 bits per heavy atom. The van der Waals surface area contributed by atoms with Crippen molar-refractivity contribution in [2.75, 3.05) is 13.1 Å². The van der Waals surface area contributed by atoms with E-state index in [9.17, 15) is 9.59 Å². The van der Waals surface area contributed by atoms with Crippen molar-refractivity contribution in [1.82, 2.24) is 16.0 Å². The van der Waals surface area contributed by atoms with Gasteiger partial charge in [0.15, 0.2) is 0 Å². The van der Waals surface area contributed by atoms with Crippen molar-refractivity contribution in [2.24, 2.45) is 17.8 Å². The van der Waals surface area contributed by atoms with Gasteiger partial charge in [-0.05, 0) is 63.2 Å². The van der Waals surface area contributed by atoms with Gasteiger partial charge in [0, 0.05) is 12.1 Å². The van der Waals surface area contributed by atoms with Crippen molar-refractivity contribution in [3.8, 4) is 0 Å². The predicted molar refractivity (Wildman–Crippen MR) is 76.1 cm³/mol. The van der Waals surface area contributed by atoms with Gasteiger partial charge in [-0.3, -0.25) is 10.1 Å². The van der Waals surface area contributed by atoms with Crippen LogP contribution >= 0.6 is 0 Å². The maximum atomic E-state index is 11.8. The molecule has 3 amide bonds. The second kappa shape index (κ2) is 5.35. The predicted octanol–water partition coefficient (Wildman–Crippen LogP) is 1.39. The molecule has 0 aromatic heterocycles. The zero-order valence-corrected chi connectivity index (χ0v) is 12.2. The lowest BCUT2D eigenvalue weighted by Crippen LogP contribution is -2.60. The molecule has 0 spiro atoms. The van der Waals surface area contributed by atoms with E-state index in [1.54, 1.807) is 0 Å². The van der Waals surface area contributed by atoms with Crippen molar-refractivity contribution in [1.29, 1.82) is 0 Å². The molecule has 20 heavy (non-hydrogen) atoms. The number of amides is 3. The number of rotatable bonds is 4. The minimum Gasteiger partial charge on any atom is -0.338 e. The second-order valence-corrected chi connectivity index (χ2v) is 6.96. The quantitative estimate of drug-likeness (QED) is 0.728. The lowest BCUT2D eigenvalue weighted by atomic mass is 9.53. The van der Waals surface area contributed by atoms with Crippen molar-refractivity contribution < 1.29 is 9.59 Å². The first-order valence-electron chi connectivity index (χ1n) is 7.91. The van der Waals surface area contributed by atoms with E-state index in [-0.39, 0.29) is 18.0 Å². The number of carbonyl (C=O) groups is 2. The molecule has 5 heteroatoms. The van der Waals surface area contributed by atoms with Crippen LogP contribution in [0.1, 0.15) is 45.4 Å².